The highest BCUT2D eigenvalue weighted by molar-refractivity contribution is 5.34. The molecule has 0 aromatic heterocycles. The van der Waals surface area contributed by atoms with Crippen LogP contribution in [-0.4, -0.2) is 31.1 Å². The van der Waals surface area contributed by atoms with E-state index in [9.17, 15) is 0 Å². The number of nitrogens with zero attached hydrogens (tertiary/aromatic N) is 1. The molecule has 1 aromatic rings. The molecule has 1 saturated heterocycles. The van der Waals surface area contributed by atoms with Crippen LogP contribution in [0.15, 0.2) is 24.3 Å². The summed E-state index contributed by atoms with van der Waals surface area (Å²) < 4.78 is 6.00. The van der Waals surface area contributed by atoms with E-state index in [0.717, 1.165) is 36.7 Å². The maximum atomic E-state index is 6.00. The molecule has 4 saturated carbocycles. The highest BCUT2D eigenvalue weighted by atomic mass is 16.5. The van der Waals surface area contributed by atoms with E-state index in [1.165, 1.54) is 64.5 Å². The van der Waals surface area contributed by atoms with Gasteiger partial charge in [0.2, 0.25) is 0 Å². The number of likely N-dealkylation sites (tertiary alicyclic amines) is 1. The highest BCUT2D eigenvalue weighted by Gasteiger charge is 2.51. The predicted octanol–water partition coefficient (Wildman–Crippen LogP) is 4.63. The lowest BCUT2D eigenvalue weighted by molar-refractivity contribution is -0.00520. The number of benzene rings is 1. The molecule has 6 rings (SSSR count). The molecule has 130 valence electrons. The second kappa shape index (κ2) is 6.05. The van der Waals surface area contributed by atoms with Gasteiger partial charge in [0, 0.05) is 6.54 Å². The van der Waals surface area contributed by atoms with Crippen LogP contribution in [0.5, 0.6) is 5.75 Å². The number of hydrogen-bond acceptors (Lipinski definition) is 2. The Hall–Kier alpha value is -1.02. The molecule has 4 aliphatic carbocycles. The van der Waals surface area contributed by atoms with Crippen LogP contribution in [0.1, 0.15) is 56.9 Å². The largest absolute Gasteiger partial charge is 0.492 e. The van der Waals surface area contributed by atoms with Gasteiger partial charge in [0.1, 0.15) is 12.4 Å². The van der Waals surface area contributed by atoms with Crippen LogP contribution < -0.4 is 4.74 Å². The van der Waals surface area contributed by atoms with Crippen molar-refractivity contribution in [2.24, 2.45) is 17.8 Å². The van der Waals surface area contributed by atoms with Crippen LogP contribution in [-0.2, 0) is 5.41 Å². The first-order chi connectivity index (χ1) is 11.8. The molecule has 0 unspecified atom stereocenters. The molecular formula is C22H31NO. The van der Waals surface area contributed by atoms with Gasteiger partial charge < -0.3 is 4.74 Å². The van der Waals surface area contributed by atoms with Crippen LogP contribution in [0, 0.1) is 17.8 Å². The Morgan fingerprint density at radius 3 is 2.04 bits per heavy atom. The lowest BCUT2D eigenvalue weighted by atomic mass is 9.48. The van der Waals surface area contributed by atoms with E-state index in [1.54, 1.807) is 5.56 Å². The van der Waals surface area contributed by atoms with Crippen molar-refractivity contribution >= 4 is 0 Å². The molecule has 5 fully saturated rings. The molecule has 0 radical (unpaired) electrons. The summed E-state index contributed by atoms with van der Waals surface area (Å²) in [5.41, 5.74) is 2.12. The summed E-state index contributed by atoms with van der Waals surface area (Å²) in [6.07, 6.45) is 11.7. The van der Waals surface area contributed by atoms with Gasteiger partial charge in [-0.1, -0.05) is 12.1 Å². The first-order valence-corrected chi connectivity index (χ1v) is 10.2. The quantitative estimate of drug-likeness (QED) is 0.782. The van der Waals surface area contributed by atoms with Gasteiger partial charge in [0.05, 0.1) is 0 Å². The van der Waals surface area contributed by atoms with Crippen LogP contribution in [0.4, 0.5) is 0 Å². The molecule has 2 heteroatoms. The molecule has 1 aliphatic heterocycles. The smallest absolute Gasteiger partial charge is 0.119 e. The summed E-state index contributed by atoms with van der Waals surface area (Å²) in [5.74, 6) is 4.12. The first kappa shape index (κ1) is 15.3. The third-order valence-corrected chi connectivity index (χ3v) is 7.38. The number of rotatable bonds is 5. The fourth-order valence-electron chi connectivity index (χ4n) is 6.67. The van der Waals surface area contributed by atoms with Gasteiger partial charge in [-0.25, -0.2) is 0 Å². The van der Waals surface area contributed by atoms with Gasteiger partial charge in [-0.2, -0.15) is 0 Å². The summed E-state index contributed by atoms with van der Waals surface area (Å²) >= 11 is 0. The molecule has 0 N–H and O–H groups in total. The van der Waals surface area contributed by atoms with Crippen LogP contribution in [0.2, 0.25) is 0 Å². The third-order valence-electron chi connectivity index (χ3n) is 7.38. The Labute approximate surface area is 146 Å². The molecule has 0 atom stereocenters. The zero-order valence-electron chi connectivity index (χ0n) is 14.9. The Bertz CT molecular complexity index is 537. The first-order valence-electron chi connectivity index (χ1n) is 10.2. The van der Waals surface area contributed by atoms with Crippen molar-refractivity contribution in [3.63, 3.8) is 0 Å². The summed E-state index contributed by atoms with van der Waals surface area (Å²) in [6.45, 7) is 4.43. The Morgan fingerprint density at radius 2 is 1.46 bits per heavy atom. The topological polar surface area (TPSA) is 12.5 Å². The minimum Gasteiger partial charge on any atom is -0.492 e. The number of ether oxygens (including phenoxy) is 1. The average Bonchev–Trinajstić information content (AvgIpc) is 3.08. The van der Waals surface area contributed by atoms with Gasteiger partial charge in [-0.15, -0.1) is 0 Å². The number of hydrogen-bond donors (Lipinski definition) is 0. The van der Waals surface area contributed by atoms with E-state index >= 15 is 0 Å². The molecule has 5 aliphatic rings. The second-order valence-electron chi connectivity index (χ2n) is 9.12. The third kappa shape index (κ3) is 2.77. The lowest BCUT2D eigenvalue weighted by Crippen LogP contribution is -2.48. The van der Waals surface area contributed by atoms with Crippen LogP contribution in [0.3, 0.4) is 0 Å². The van der Waals surface area contributed by atoms with Crippen molar-refractivity contribution in [2.75, 3.05) is 26.2 Å². The maximum absolute atomic E-state index is 6.00. The average molecular weight is 325 g/mol. The SMILES string of the molecule is c1cc(C23CC4CC(CC(C4)C2)C3)ccc1OCCN1CCCC1. The summed E-state index contributed by atoms with van der Waals surface area (Å²) in [6, 6.07) is 9.24. The summed E-state index contributed by atoms with van der Waals surface area (Å²) in [5, 5.41) is 0. The van der Waals surface area contributed by atoms with E-state index in [1.807, 2.05) is 0 Å². The van der Waals surface area contributed by atoms with Gasteiger partial charge in [0.25, 0.3) is 0 Å². The fraction of sp³-hybridized carbons (Fsp3) is 0.727. The van der Waals surface area contributed by atoms with Crippen molar-refractivity contribution in [3.05, 3.63) is 29.8 Å². The van der Waals surface area contributed by atoms with E-state index < -0.39 is 0 Å². The standard InChI is InChI=1S/C22H31NO/c1-2-8-23(7-1)9-10-24-21-5-3-20(4-6-21)22-14-17-11-18(15-22)13-19(12-17)16-22/h3-6,17-19H,1-2,7-16H2. The van der Waals surface area contributed by atoms with Gasteiger partial charge in [0.15, 0.2) is 0 Å². The van der Waals surface area contributed by atoms with Gasteiger partial charge in [-0.05, 0) is 105 Å². The van der Waals surface area contributed by atoms with E-state index in [2.05, 4.69) is 29.2 Å². The molecule has 0 spiro atoms. The fourth-order valence-corrected chi connectivity index (χ4v) is 6.67. The maximum Gasteiger partial charge on any atom is 0.119 e. The zero-order valence-corrected chi connectivity index (χ0v) is 14.9. The lowest BCUT2D eigenvalue weighted by Gasteiger charge is -2.57. The molecular weight excluding hydrogens is 294 g/mol. The Balaban J connectivity index is 1.23. The highest BCUT2D eigenvalue weighted by Crippen LogP contribution is 2.60. The second-order valence-corrected chi connectivity index (χ2v) is 9.12. The van der Waals surface area contributed by atoms with Crippen molar-refractivity contribution in [2.45, 2.75) is 56.8 Å². The Kier molecular flexibility index (Phi) is 3.85. The van der Waals surface area contributed by atoms with Crippen molar-refractivity contribution in [1.82, 2.24) is 4.90 Å². The Morgan fingerprint density at radius 1 is 0.875 bits per heavy atom. The normalized spacial score (nSPS) is 37.9. The van der Waals surface area contributed by atoms with Gasteiger partial charge in [-0.3, -0.25) is 4.90 Å². The summed E-state index contributed by atoms with van der Waals surface area (Å²) in [7, 11) is 0. The minimum atomic E-state index is 0.517. The molecule has 1 aromatic carbocycles. The van der Waals surface area contributed by atoms with Crippen LogP contribution >= 0.6 is 0 Å². The zero-order chi connectivity index (χ0) is 16.0. The van der Waals surface area contributed by atoms with Crippen molar-refractivity contribution < 1.29 is 4.74 Å². The predicted molar refractivity (Wildman–Crippen MR) is 97.5 cm³/mol. The molecule has 1 heterocycles. The monoisotopic (exact) mass is 325 g/mol. The molecule has 4 bridgehead atoms. The molecule has 0 amide bonds. The molecule has 24 heavy (non-hydrogen) atoms. The minimum absolute atomic E-state index is 0.517. The summed E-state index contributed by atoms with van der Waals surface area (Å²) in [4.78, 5) is 2.52. The molecule has 2 nitrogen and oxygen atoms in total. The van der Waals surface area contributed by atoms with Gasteiger partial charge >= 0.3 is 0 Å². The van der Waals surface area contributed by atoms with Crippen molar-refractivity contribution in [3.8, 4) is 5.75 Å². The van der Waals surface area contributed by atoms with E-state index in [4.69, 9.17) is 4.74 Å². The van der Waals surface area contributed by atoms with Crippen LogP contribution in [0.25, 0.3) is 0 Å². The van der Waals surface area contributed by atoms with Crippen molar-refractivity contribution in [1.29, 1.82) is 0 Å². The van der Waals surface area contributed by atoms with E-state index in [0.29, 0.717) is 5.41 Å². The van der Waals surface area contributed by atoms with E-state index in [-0.39, 0.29) is 0 Å².